The highest BCUT2D eigenvalue weighted by Crippen LogP contribution is 2.15. The van der Waals surface area contributed by atoms with E-state index in [4.69, 9.17) is 0 Å². The van der Waals surface area contributed by atoms with Crippen molar-refractivity contribution in [1.82, 2.24) is 4.72 Å². The van der Waals surface area contributed by atoms with Crippen molar-refractivity contribution in [2.45, 2.75) is 18.2 Å². The highest BCUT2D eigenvalue weighted by molar-refractivity contribution is 7.89. The summed E-state index contributed by atoms with van der Waals surface area (Å²) in [5.41, 5.74) is 0.519. The number of rotatable bonds is 8. The molecule has 150 valence electrons. The van der Waals surface area contributed by atoms with Crippen molar-refractivity contribution in [3.05, 3.63) is 59.7 Å². The highest BCUT2D eigenvalue weighted by atomic mass is 32.2. The second-order valence-electron chi connectivity index (χ2n) is 5.79. The number of nitrogens with one attached hydrogen (secondary N) is 2. The summed E-state index contributed by atoms with van der Waals surface area (Å²) in [4.78, 5) is 23.3. The van der Waals surface area contributed by atoms with E-state index >= 15 is 0 Å². The number of halogens is 2. The Bertz CT molecular complexity index is 962. The standard InChI is InChI=1S/C18H18F2N2O5S/c1-12-2-5-14(6-3-12)28(25,26)21-9-8-18(24)27-11-17(23)22-16-10-13(19)4-7-15(16)20/h2-7,10,21H,8-9,11H2,1H3,(H,22,23). The molecule has 2 aromatic carbocycles. The fourth-order valence-corrected chi connectivity index (χ4v) is 3.12. The average molecular weight is 412 g/mol. The summed E-state index contributed by atoms with van der Waals surface area (Å²) in [5, 5.41) is 2.07. The second kappa shape index (κ2) is 9.38. The van der Waals surface area contributed by atoms with Crippen LogP contribution in [0, 0.1) is 18.6 Å². The number of carbonyl (C=O) groups excluding carboxylic acids is 2. The summed E-state index contributed by atoms with van der Waals surface area (Å²) in [5.74, 6) is -3.28. The van der Waals surface area contributed by atoms with E-state index in [1.165, 1.54) is 12.1 Å². The number of benzene rings is 2. The number of anilines is 1. The van der Waals surface area contributed by atoms with Gasteiger partial charge in [-0.25, -0.2) is 21.9 Å². The number of amides is 1. The van der Waals surface area contributed by atoms with Crippen molar-refractivity contribution in [3.63, 3.8) is 0 Å². The summed E-state index contributed by atoms with van der Waals surface area (Å²) in [6.07, 6.45) is -0.313. The van der Waals surface area contributed by atoms with Gasteiger partial charge in [0.2, 0.25) is 10.0 Å². The van der Waals surface area contributed by atoms with E-state index in [0.717, 1.165) is 23.8 Å². The van der Waals surface area contributed by atoms with Gasteiger partial charge in [-0.3, -0.25) is 9.59 Å². The maximum atomic E-state index is 13.4. The van der Waals surface area contributed by atoms with Crippen molar-refractivity contribution < 1.29 is 31.5 Å². The number of carbonyl (C=O) groups is 2. The molecule has 0 bridgehead atoms. The Labute approximate surface area is 160 Å². The van der Waals surface area contributed by atoms with Gasteiger partial charge >= 0.3 is 5.97 Å². The third kappa shape index (κ3) is 6.39. The second-order valence-corrected chi connectivity index (χ2v) is 7.56. The summed E-state index contributed by atoms with van der Waals surface area (Å²) in [6.45, 7) is 0.868. The quantitative estimate of drug-likeness (QED) is 0.647. The van der Waals surface area contributed by atoms with Crippen LogP contribution >= 0.6 is 0 Å². The Balaban J connectivity index is 1.75. The molecule has 0 heterocycles. The number of hydrogen-bond donors (Lipinski definition) is 2. The van der Waals surface area contributed by atoms with Crippen molar-refractivity contribution >= 4 is 27.6 Å². The van der Waals surface area contributed by atoms with E-state index in [1.54, 1.807) is 12.1 Å². The van der Waals surface area contributed by atoms with Gasteiger partial charge in [0.1, 0.15) is 11.6 Å². The van der Waals surface area contributed by atoms with Gasteiger partial charge in [-0.1, -0.05) is 17.7 Å². The van der Waals surface area contributed by atoms with Crippen molar-refractivity contribution in [1.29, 1.82) is 0 Å². The molecule has 10 heteroatoms. The zero-order chi connectivity index (χ0) is 20.7. The Kier molecular flexibility index (Phi) is 7.18. The molecular formula is C18H18F2N2O5S. The molecule has 0 unspecified atom stereocenters. The first-order valence-electron chi connectivity index (χ1n) is 8.14. The lowest BCUT2D eigenvalue weighted by molar-refractivity contribution is -0.147. The molecule has 0 spiro atoms. The molecule has 2 N–H and O–H groups in total. The molecule has 0 aliphatic heterocycles. The predicted molar refractivity (Wildman–Crippen MR) is 96.9 cm³/mol. The van der Waals surface area contributed by atoms with Crippen molar-refractivity contribution in [2.24, 2.45) is 0 Å². The average Bonchev–Trinajstić information content (AvgIpc) is 2.63. The van der Waals surface area contributed by atoms with Crippen LogP contribution < -0.4 is 10.0 Å². The van der Waals surface area contributed by atoms with Crippen LogP contribution in [0.15, 0.2) is 47.4 Å². The maximum absolute atomic E-state index is 13.4. The van der Waals surface area contributed by atoms with E-state index in [1.807, 2.05) is 6.92 Å². The van der Waals surface area contributed by atoms with Crippen molar-refractivity contribution in [2.75, 3.05) is 18.5 Å². The monoisotopic (exact) mass is 412 g/mol. The van der Waals surface area contributed by atoms with Crippen LogP contribution in [-0.4, -0.2) is 33.4 Å². The van der Waals surface area contributed by atoms with E-state index in [9.17, 15) is 26.8 Å². The van der Waals surface area contributed by atoms with E-state index < -0.39 is 40.1 Å². The van der Waals surface area contributed by atoms with Crippen LogP contribution in [0.3, 0.4) is 0 Å². The van der Waals surface area contributed by atoms with Gasteiger partial charge < -0.3 is 10.1 Å². The molecule has 1 amide bonds. The normalized spacial score (nSPS) is 11.1. The SMILES string of the molecule is Cc1ccc(S(=O)(=O)NCCC(=O)OCC(=O)Nc2cc(F)ccc2F)cc1. The number of hydrogen-bond acceptors (Lipinski definition) is 5. The van der Waals surface area contributed by atoms with Gasteiger partial charge in [-0.05, 0) is 31.2 Å². The fraction of sp³-hybridized carbons (Fsp3) is 0.222. The Hall–Kier alpha value is -2.85. The summed E-state index contributed by atoms with van der Waals surface area (Å²) in [6, 6.07) is 8.68. The molecule has 0 saturated carbocycles. The lowest BCUT2D eigenvalue weighted by Gasteiger charge is -2.09. The number of aryl methyl sites for hydroxylation is 1. The highest BCUT2D eigenvalue weighted by Gasteiger charge is 2.15. The minimum absolute atomic E-state index is 0.0583. The Morgan fingerprint density at radius 1 is 1.07 bits per heavy atom. The molecule has 0 saturated heterocycles. The zero-order valence-electron chi connectivity index (χ0n) is 14.9. The van der Waals surface area contributed by atoms with Gasteiger partial charge in [0.05, 0.1) is 17.0 Å². The fourth-order valence-electron chi connectivity index (χ4n) is 2.09. The van der Waals surface area contributed by atoms with Crippen LogP contribution in [0.5, 0.6) is 0 Å². The maximum Gasteiger partial charge on any atom is 0.307 e. The molecule has 0 atom stereocenters. The van der Waals surface area contributed by atoms with Crippen LogP contribution in [0.4, 0.5) is 14.5 Å². The van der Waals surface area contributed by atoms with E-state index in [2.05, 4.69) is 14.8 Å². The molecule has 7 nitrogen and oxygen atoms in total. The van der Waals surface area contributed by atoms with Gasteiger partial charge in [-0.15, -0.1) is 0 Å². The molecule has 0 aliphatic carbocycles. The van der Waals surface area contributed by atoms with E-state index in [-0.39, 0.29) is 23.5 Å². The lowest BCUT2D eigenvalue weighted by Crippen LogP contribution is -2.28. The van der Waals surface area contributed by atoms with Crippen molar-refractivity contribution in [3.8, 4) is 0 Å². The zero-order valence-corrected chi connectivity index (χ0v) is 15.7. The Morgan fingerprint density at radius 2 is 1.75 bits per heavy atom. The number of sulfonamides is 1. The van der Waals surface area contributed by atoms with Crippen LogP contribution in [-0.2, 0) is 24.3 Å². The Morgan fingerprint density at radius 3 is 2.43 bits per heavy atom. The van der Waals surface area contributed by atoms with Gasteiger partial charge in [0.25, 0.3) is 5.91 Å². The molecule has 28 heavy (non-hydrogen) atoms. The summed E-state index contributed by atoms with van der Waals surface area (Å²) in [7, 11) is -3.77. The molecule has 0 aromatic heterocycles. The topological polar surface area (TPSA) is 102 Å². The lowest BCUT2D eigenvalue weighted by atomic mass is 10.2. The van der Waals surface area contributed by atoms with Gasteiger partial charge in [-0.2, -0.15) is 0 Å². The summed E-state index contributed by atoms with van der Waals surface area (Å²) >= 11 is 0. The molecule has 2 aromatic rings. The van der Waals surface area contributed by atoms with Crippen LogP contribution in [0.2, 0.25) is 0 Å². The third-order valence-electron chi connectivity index (χ3n) is 3.52. The first kappa shape index (κ1) is 21.5. The molecule has 0 radical (unpaired) electrons. The summed E-state index contributed by atoms with van der Waals surface area (Å²) < 4.78 is 57.5. The largest absolute Gasteiger partial charge is 0.456 e. The first-order valence-corrected chi connectivity index (χ1v) is 9.62. The smallest absolute Gasteiger partial charge is 0.307 e. The number of ether oxygens (including phenoxy) is 1. The minimum Gasteiger partial charge on any atom is -0.456 e. The van der Waals surface area contributed by atoms with Gasteiger partial charge in [0, 0.05) is 12.6 Å². The van der Waals surface area contributed by atoms with E-state index in [0.29, 0.717) is 0 Å². The molecule has 2 rings (SSSR count). The predicted octanol–water partition coefficient (Wildman–Crippen LogP) is 2.12. The number of esters is 1. The molecule has 0 aliphatic rings. The first-order chi connectivity index (χ1) is 13.2. The van der Waals surface area contributed by atoms with Crippen LogP contribution in [0.1, 0.15) is 12.0 Å². The van der Waals surface area contributed by atoms with Gasteiger partial charge in [0.15, 0.2) is 6.61 Å². The third-order valence-corrected chi connectivity index (χ3v) is 5.00. The molecular weight excluding hydrogens is 394 g/mol. The minimum atomic E-state index is -3.77. The van der Waals surface area contributed by atoms with Crippen LogP contribution in [0.25, 0.3) is 0 Å². The molecule has 0 fully saturated rings.